The van der Waals surface area contributed by atoms with E-state index in [0.29, 0.717) is 22.8 Å². The summed E-state index contributed by atoms with van der Waals surface area (Å²) in [7, 11) is 0. The van der Waals surface area contributed by atoms with Crippen molar-refractivity contribution in [1.82, 2.24) is 9.78 Å². The summed E-state index contributed by atoms with van der Waals surface area (Å²) in [5.41, 5.74) is 4.50. The van der Waals surface area contributed by atoms with E-state index in [1.165, 1.54) is 12.1 Å². The van der Waals surface area contributed by atoms with Gasteiger partial charge in [0.15, 0.2) is 5.78 Å². The molecule has 0 aliphatic carbocycles. The Morgan fingerprint density at radius 3 is 2.57 bits per heavy atom. The first-order valence-electron chi connectivity index (χ1n) is 9.12. The summed E-state index contributed by atoms with van der Waals surface area (Å²) in [5.74, 6) is -0.797. The van der Waals surface area contributed by atoms with Crippen LogP contribution >= 0.6 is 0 Å². The Morgan fingerprint density at radius 2 is 1.86 bits per heavy atom. The fraction of sp³-hybridized carbons (Fsp3) is 0.227. The Labute approximate surface area is 162 Å². The van der Waals surface area contributed by atoms with Crippen molar-refractivity contribution in [1.29, 1.82) is 0 Å². The summed E-state index contributed by atoms with van der Waals surface area (Å²) in [5, 5.41) is 7.36. The molecule has 0 fully saturated rings. The molecule has 142 valence electrons. The van der Waals surface area contributed by atoms with Crippen LogP contribution < -0.4 is 5.32 Å². The number of aryl methyl sites for hydroxylation is 3. The molecule has 1 N–H and O–H groups in total. The molecule has 28 heavy (non-hydrogen) atoms. The molecule has 1 atom stereocenters. The number of benzene rings is 2. The van der Waals surface area contributed by atoms with Crippen LogP contribution in [-0.2, 0) is 4.79 Å². The minimum absolute atomic E-state index is 0.0785. The van der Waals surface area contributed by atoms with Gasteiger partial charge in [-0.15, -0.1) is 0 Å². The zero-order valence-corrected chi connectivity index (χ0v) is 15.9. The molecule has 0 bridgehead atoms. The lowest BCUT2D eigenvalue weighted by Gasteiger charge is -2.24. The summed E-state index contributed by atoms with van der Waals surface area (Å²) in [6.45, 7) is 5.65. The average Bonchev–Trinajstić information content (AvgIpc) is 2.99. The lowest BCUT2D eigenvalue weighted by Crippen LogP contribution is -2.28. The number of nitrogens with one attached hydrogen (secondary N) is 1. The molecule has 1 amide bonds. The molecule has 2 heterocycles. The molecular weight excluding hydrogens is 357 g/mol. The van der Waals surface area contributed by atoms with Crippen LogP contribution in [-0.4, -0.2) is 21.5 Å². The largest absolute Gasteiger partial charge is 0.310 e. The standard InChI is InChI=1S/C22H20FN3O2/c1-12-4-5-13(2)17(10-12)21(28)18-11-19(27)24-22-20(18)14(3)25-26(22)16-8-6-15(23)7-9-16/h4-10,18H,11H2,1-3H3,(H,24,27)/t18-/m1/s1. The van der Waals surface area contributed by atoms with Gasteiger partial charge in [0.2, 0.25) is 5.91 Å². The number of anilines is 1. The lowest BCUT2D eigenvalue weighted by molar-refractivity contribution is -0.116. The minimum Gasteiger partial charge on any atom is -0.310 e. The Balaban J connectivity index is 1.83. The fourth-order valence-corrected chi connectivity index (χ4v) is 3.73. The summed E-state index contributed by atoms with van der Waals surface area (Å²) in [4.78, 5) is 25.8. The highest BCUT2D eigenvalue weighted by Crippen LogP contribution is 2.38. The second-order valence-corrected chi connectivity index (χ2v) is 7.22. The van der Waals surface area contributed by atoms with Gasteiger partial charge in [0.1, 0.15) is 11.6 Å². The molecule has 0 radical (unpaired) electrons. The van der Waals surface area contributed by atoms with E-state index in [0.717, 1.165) is 16.7 Å². The van der Waals surface area contributed by atoms with Gasteiger partial charge < -0.3 is 5.32 Å². The number of nitrogens with zero attached hydrogens (tertiary/aromatic N) is 2. The van der Waals surface area contributed by atoms with Gasteiger partial charge in [0.05, 0.1) is 17.3 Å². The number of ketones is 1. The van der Waals surface area contributed by atoms with Crippen LogP contribution in [0.4, 0.5) is 10.2 Å². The van der Waals surface area contributed by atoms with Crippen LogP contribution in [0.3, 0.4) is 0 Å². The van der Waals surface area contributed by atoms with Gasteiger partial charge in [-0.2, -0.15) is 5.10 Å². The third-order valence-electron chi connectivity index (χ3n) is 5.15. The van der Waals surface area contributed by atoms with Crippen molar-refractivity contribution < 1.29 is 14.0 Å². The Morgan fingerprint density at radius 1 is 1.14 bits per heavy atom. The smallest absolute Gasteiger partial charge is 0.226 e. The Kier molecular flexibility index (Phi) is 4.34. The van der Waals surface area contributed by atoms with Crippen molar-refractivity contribution in [3.05, 3.63) is 76.2 Å². The topological polar surface area (TPSA) is 64.0 Å². The van der Waals surface area contributed by atoms with Crippen molar-refractivity contribution >= 4 is 17.5 Å². The maximum Gasteiger partial charge on any atom is 0.226 e. The van der Waals surface area contributed by atoms with E-state index in [9.17, 15) is 14.0 Å². The Bertz CT molecular complexity index is 1100. The number of carbonyl (C=O) groups is 2. The molecule has 0 saturated heterocycles. The summed E-state index contributed by atoms with van der Waals surface area (Å²) >= 11 is 0. The number of amides is 1. The predicted molar refractivity (Wildman–Crippen MR) is 104 cm³/mol. The number of halogens is 1. The zero-order valence-electron chi connectivity index (χ0n) is 15.9. The highest BCUT2D eigenvalue weighted by atomic mass is 19.1. The number of Topliss-reactive ketones (excluding diaryl/α,β-unsaturated/α-hetero) is 1. The predicted octanol–water partition coefficient (Wildman–Crippen LogP) is 4.25. The molecule has 5 nitrogen and oxygen atoms in total. The van der Waals surface area contributed by atoms with Crippen LogP contribution in [0.25, 0.3) is 5.69 Å². The molecule has 4 rings (SSSR count). The van der Waals surface area contributed by atoms with Crippen LogP contribution in [0.1, 0.15) is 45.1 Å². The molecular formula is C22H20FN3O2. The van der Waals surface area contributed by atoms with Crippen LogP contribution in [0.5, 0.6) is 0 Å². The Hall–Kier alpha value is -3.28. The van der Waals surface area contributed by atoms with E-state index in [1.807, 2.05) is 39.0 Å². The second-order valence-electron chi connectivity index (χ2n) is 7.22. The lowest BCUT2D eigenvalue weighted by atomic mass is 9.84. The maximum absolute atomic E-state index is 13.4. The average molecular weight is 377 g/mol. The van der Waals surface area contributed by atoms with E-state index in [4.69, 9.17) is 0 Å². The number of rotatable bonds is 3. The second kappa shape index (κ2) is 6.71. The highest BCUT2D eigenvalue weighted by Gasteiger charge is 2.36. The summed E-state index contributed by atoms with van der Waals surface area (Å²) in [6.07, 6.45) is 0.0785. The minimum atomic E-state index is -0.599. The van der Waals surface area contributed by atoms with Crippen molar-refractivity contribution in [3.63, 3.8) is 0 Å². The van der Waals surface area contributed by atoms with E-state index in [2.05, 4.69) is 10.4 Å². The molecule has 3 aromatic rings. The van der Waals surface area contributed by atoms with Gasteiger partial charge in [-0.25, -0.2) is 9.07 Å². The molecule has 1 aliphatic heterocycles. The first-order valence-corrected chi connectivity index (χ1v) is 9.12. The fourth-order valence-electron chi connectivity index (χ4n) is 3.73. The number of hydrogen-bond donors (Lipinski definition) is 1. The molecule has 2 aromatic carbocycles. The quantitative estimate of drug-likeness (QED) is 0.694. The number of aromatic nitrogens is 2. The number of carbonyl (C=O) groups excluding carboxylic acids is 2. The van der Waals surface area contributed by atoms with Gasteiger partial charge in [-0.3, -0.25) is 9.59 Å². The van der Waals surface area contributed by atoms with Crippen molar-refractivity contribution in [2.75, 3.05) is 5.32 Å². The van der Waals surface area contributed by atoms with Gasteiger partial charge >= 0.3 is 0 Å². The van der Waals surface area contributed by atoms with Gasteiger partial charge in [0.25, 0.3) is 0 Å². The monoisotopic (exact) mass is 377 g/mol. The molecule has 0 spiro atoms. The molecule has 0 unspecified atom stereocenters. The van der Waals surface area contributed by atoms with Gasteiger partial charge in [-0.1, -0.05) is 17.7 Å². The number of fused-ring (bicyclic) bond motifs is 1. The van der Waals surface area contributed by atoms with E-state index in [1.54, 1.807) is 16.8 Å². The molecule has 1 aliphatic rings. The van der Waals surface area contributed by atoms with E-state index in [-0.39, 0.29) is 23.9 Å². The highest BCUT2D eigenvalue weighted by molar-refractivity contribution is 6.08. The molecule has 0 saturated carbocycles. The van der Waals surface area contributed by atoms with Crippen molar-refractivity contribution in [3.8, 4) is 5.69 Å². The maximum atomic E-state index is 13.4. The van der Waals surface area contributed by atoms with Crippen LogP contribution in [0, 0.1) is 26.6 Å². The number of hydrogen-bond acceptors (Lipinski definition) is 3. The third-order valence-corrected chi connectivity index (χ3v) is 5.15. The SMILES string of the molecule is Cc1ccc(C)c(C(=O)[C@@H]2CC(=O)Nc3c2c(C)nn3-c2ccc(F)cc2)c1. The first-order chi connectivity index (χ1) is 13.3. The van der Waals surface area contributed by atoms with Crippen molar-refractivity contribution in [2.24, 2.45) is 0 Å². The van der Waals surface area contributed by atoms with E-state index < -0.39 is 5.92 Å². The third kappa shape index (κ3) is 3.01. The summed E-state index contributed by atoms with van der Waals surface area (Å²) < 4.78 is 14.9. The van der Waals surface area contributed by atoms with E-state index >= 15 is 0 Å². The van der Waals surface area contributed by atoms with Crippen LogP contribution in [0.2, 0.25) is 0 Å². The molecule has 1 aromatic heterocycles. The van der Waals surface area contributed by atoms with Gasteiger partial charge in [-0.05, 0) is 56.7 Å². The first kappa shape index (κ1) is 18.1. The van der Waals surface area contributed by atoms with Crippen LogP contribution in [0.15, 0.2) is 42.5 Å². The summed E-state index contributed by atoms with van der Waals surface area (Å²) in [6, 6.07) is 11.6. The zero-order chi connectivity index (χ0) is 20.0. The van der Waals surface area contributed by atoms with Crippen molar-refractivity contribution in [2.45, 2.75) is 33.1 Å². The molecule has 6 heteroatoms. The normalized spacial score (nSPS) is 15.9. The van der Waals surface area contributed by atoms with Gasteiger partial charge in [0, 0.05) is 17.5 Å².